The van der Waals surface area contributed by atoms with Crippen LogP contribution in [0.15, 0.2) is 40.9 Å². The molecule has 0 radical (unpaired) electrons. The normalized spacial score (nSPS) is 16.2. The lowest BCUT2D eigenvalue weighted by Gasteiger charge is -2.15. The highest BCUT2D eigenvalue weighted by Gasteiger charge is 2.34. The number of nitrogens with zero attached hydrogens (tertiary/aromatic N) is 1. The zero-order valence-electron chi connectivity index (χ0n) is 14.0. The number of ether oxygens (including phenoxy) is 2. The second-order valence-electron chi connectivity index (χ2n) is 5.75. The van der Waals surface area contributed by atoms with Crippen molar-refractivity contribution in [3.63, 3.8) is 0 Å². The number of benzene rings is 2. The number of methoxy groups -OCH3 is 1. The summed E-state index contributed by atoms with van der Waals surface area (Å²) in [7, 11) is 3.45. The first kappa shape index (κ1) is 16.8. The van der Waals surface area contributed by atoms with Gasteiger partial charge in [-0.3, -0.25) is 4.79 Å². The van der Waals surface area contributed by atoms with Crippen molar-refractivity contribution in [1.82, 2.24) is 0 Å². The van der Waals surface area contributed by atoms with Crippen LogP contribution in [0.2, 0.25) is 0 Å². The van der Waals surface area contributed by atoms with E-state index < -0.39 is 0 Å². The molecule has 1 amide bonds. The summed E-state index contributed by atoms with van der Waals surface area (Å²) in [5.74, 6) is 1.33. The lowest BCUT2D eigenvalue weighted by molar-refractivity contribution is -0.119. The summed E-state index contributed by atoms with van der Waals surface area (Å²) in [4.78, 5) is 14.4. The Morgan fingerprint density at radius 2 is 2.00 bits per heavy atom. The summed E-state index contributed by atoms with van der Waals surface area (Å²) in [6.07, 6.45) is 0.627. The Hall–Kier alpha value is -2.01. The van der Waals surface area contributed by atoms with Crippen molar-refractivity contribution in [3.8, 4) is 11.5 Å². The number of carbonyl (C=O) groups is 1. The van der Waals surface area contributed by atoms with Gasteiger partial charge >= 0.3 is 0 Å². The number of anilines is 1. The largest absolute Gasteiger partial charge is 0.493 e. The van der Waals surface area contributed by atoms with E-state index in [4.69, 9.17) is 9.47 Å². The number of rotatable bonds is 5. The molecule has 0 aliphatic carbocycles. The third-order valence-electron chi connectivity index (χ3n) is 4.32. The molecule has 0 N–H and O–H groups in total. The fraction of sp³-hybridized carbons (Fsp3) is 0.316. The fourth-order valence-electron chi connectivity index (χ4n) is 3.18. The molecule has 1 aliphatic rings. The maximum absolute atomic E-state index is 12.6. The van der Waals surface area contributed by atoms with Gasteiger partial charge in [-0.1, -0.05) is 18.2 Å². The number of likely N-dealkylation sites (N-methyl/N-ethyl adjacent to an activating group) is 1. The van der Waals surface area contributed by atoms with Crippen molar-refractivity contribution >= 4 is 27.5 Å². The first-order valence-corrected chi connectivity index (χ1v) is 8.71. The minimum Gasteiger partial charge on any atom is -0.493 e. The SMILES string of the molecule is CCOc1c(Br)cc(CC2C(=O)N(C)c3ccccc32)cc1OC. The van der Waals surface area contributed by atoms with Gasteiger partial charge in [-0.05, 0) is 58.6 Å². The Labute approximate surface area is 150 Å². The van der Waals surface area contributed by atoms with E-state index in [0.29, 0.717) is 24.5 Å². The van der Waals surface area contributed by atoms with Crippen molar-refractivity contribution in [2.24, 2.45) is 0 Å². The third kappa shape index (κ3) is 2.88. The van der Waals surface area contributed by atoms with Crippen LogP contribution in [-0.2, 0) is 11.2 Å². The third-order valence-corrected chi connectivity index (χ3v) is 4.91. The zero-order valence-corrected chi connectivity index (χ0v) is 15.6. The van der Waals surface area contributed by atoms with E-state index in [-0.39, 0.29) is 11.8 Å². The van der Waals surface area contributed by atoms with E-state index in [1.54, 1.807) is 12.0 Å². The van der Waals surface area contributed by atoms with Crippen LogP contribution in [0.5, 0.6) is 11.5 Å². The number of hydrogen-bond donors (Lipinski definition) is 0. The fourth-order valence-corrected chi connectivity index (χ4v) is 3.79. The molecule has 0 spiro atoms. The van der Waals surface area contributed by atoms with Crippen molar-refractivity contribution < 1.29 is 14.3 Å². The van der Waals surface area contributed by atoms with E-state index in [2.05, 4.69) is 15.9 Å². The molecule has 0 fully saturated rings. The number of amides is 1. The van der Waals surface area contributed by atoms with Gasteiger partial charge in [0.2, 0.25) is 5.91 Å². The quantitative estimate of drug-likeness (QED) is 0.770. The molecule has 1 heterocycles. The molecule has 1 unspecified atom stereocenters. The van der Waals surface area contributed by atoms with Crippen LogP contribution in [0.3, 0.4) is 0 Å². The summed E-state index contributed by atoms with van der Waals surface area (Å²) in [6.45, 7) is 2.50. The number of carbonyl (C=O) groups excluding carboxylic acids is 1. The van der Waals surface area contributed by atoms with E-state index in [1.165, 1.54) is 0 Å². The van der Waals surface area contributed by atoms with Gasteiger partial charge in [-0.2, -0.15) is 0 Å². The summed E-state index contributed by atoms with van der Waals surface area (Å²) in [5.41, 5.74) is 3.10. The van der Waals surface area contributed by atoms with Gasteiger partial charge in [-0.15, -0.1) is 0 Å². The highest BCUT2D eigenvalue weighted by atomic mass is 79.9. The molecule has 5 heteroatoms. The first-order chi connectivity index (χ1) is 11.6. The van der Waals surface area contributed by atoms with E-state index in [0.717, 1.165) is 21.3 Å². The predicted molar refractivity (Wildman–Crippen MR) is 98.2 cm³/mol. The maximum atomic E-state index is 12.6. The van der Waals surface area contributed by atoms with Crippen molar-refractivity contribution in [2.75, 3.05) is 25.7 Å². The standard InChI is InChI=1S/C19H20BrNO3/c1-4-24-18-15(20)10-12(11-17(18)23-3)9-14-13-7-5-6-8-16(13)21(2)19(14)22/h5-8,10-11,14H,4,9H2,1-3H3. The summed E-state index contributed by atoms with van der Waals surface area (Å²) < 4.78 is 11.9. The number of hydrogen-bond acceptors (Lipinski definition) is 3. The Balaban J connectivity index is 1.94. The molecule has 2 aromatic rings. The van der Waals surface area contributed by atoms with Crippen molar-refractivity contribution in [3.05, 3.63) is 52.0 Å². The summed E-state index contributed by atoms with van der Waals surface area (Å²) in [6, 6.07) is 11.9. The molecular weight excluding hydrogens is 370 g/mol. The lowest BCUT2D eigenvalue weighted by Crippen LogP contribution is -2.24. The Bertz CT molecular complexity index is 775. The van der Waals surface area contributed by atoms with E-state index in [9.17, 15) is 4.79 Å². The molecule has 1 atom stereocenters. The van der Waals surface area contributed by atoms with Gasteiger partial charge in [0.1, 0.15) is 0 Å². The second kappa shape index (κ2) is 6.85. The van der Waals surface area contributed by atoms with Crippen LogP contribution >= 0.6 is 15.9 Å². The van der Waals surface area contributed by atoms with Gasteiger partial charge in [0.05, 0.1) is 24.1 Å². The van der Waals surface area contributed by atoms with Gasteiger partial charge < -0.3 is 14.4 Å². The topological polar surface area (TPSA) is 38.8 Å². The minimum atomic E-state index is -0.166. The number of fused-ring (bicyclic) bond motifs is 1. The summed E-state index contributed by atoms with van der Waals surface area (Å²) >= 11 is 3.55. The monoisotopic (exact) mass is 389 g/mol. The molecule has 0 bridgehead atoms. The molecule has 1 aliphatic heterocycles. The Kier molecular flexibility index (Phi) is 4.81. The highest BCUT2D eigenvalue weighted by molar-refractivity contribution is 9.10. The first-order valence-electron chi connectivity index (χ1n) is 7.92. The van der Waals surface area contributed by atoms with Crippen molar-refractivity contribution in [1.29, 1.82) is 0 Å². The van der Waals surface area contributed by atoms with Gasteiger partial charge in [0.15, 0.2) is 11.5 Å². The number of para-hydroxylation sites is 1. The average Bonchev–Trinajstić information content (AvgIpc) is 2.82. The smallest absolute Gasteiger partial charge is 0.234 e. The van der Waals surface area contributed by atoms with Crippen LogP contribution < -0.4 is 14.4 Å². The van der Waals surface area contributed by atoms with Gasteiger partial charge in [-0.25, -0.2) is 0 Å². The van der Waals surface area contributed by atoms with Crippen LogP contribution in [-0.4, -0.2) is 26.7 Å². The molecule has 2 aromatic carbocycles. The van der Waals surface area contributed by atoms with Gasteiger partial charge in [0.25, 0.3) is 0 Å². The van der Waals surface area contributed by atoms with Crippen LogP contribution in [0.1, 0.15) is 24.0 Å². The number of halogens is 1. The molecule has 3 rings (SSSR count). The summed E-state index contributed by atoms with van der Waals surface area (Å²) in [5, 5.41) is 0. The van der Waals surface area contributed by atoms with Crippen molar-refractivity contribution in [2.45, 2.75) is 19.3 Å². The Morgan fingerprint density at radius 3 is 2.71 bits per heavy atom. The predicted octanol–water partition coefficient (Wildman–Crippen LogP) is 4.16. The minimum absolute atomic E-state index is 0.125. The van der Waals surface area contributed by atoms with Gasteiger partial charge in [0, 0.05) is 12.7 Å². The van der Waals surface area contributed by atoms with Crippen LogP contribution in [0, 0.1) is 0 Å². The molecule has 0 saturated heterocycles. The molecule has 0 aromatic heterocycles. The lowest BCUT2D eigenvalue weighted by atomic mass is 9.93. The van der Waals surface area contributed by atoms with Crippen LogP contribution in [0.25, 0.3) is 0 Å². The zero-order chi connectivity index (χ0) is 17.3. The molecule has 0 saturated carbocycles. The molecule has 24 heavy (non-hydrogen) atoms. The average molecular weight is 390 g/mol. The molecular formula is C19H20BrNO3. The van der Waals surface area contributed by atoms with E-state index >= 15 is 0 Å². The Morgan fingerprint density at radius 1 is 1.25 bits per heavy atom. The van der Waals surface area contributed by atoms with Crippen LogP contribution in [0.4, 0.5) is 5.69 Å². The molecule has 126 valence electrons. The maximum Gasteiger partial charge on any atom is 0.234 e. The second-order valence-corrected chi connectivity index (χ2v) is 6.61. The molecule has 4 nitrogen and oxygen atoms in total. The highest BCUT2D eigenvalue weighted by Crippen LogP contribution is 2.41. The van der Waals surface area contributed by atoms with E-state index in [1.807, 2.05) is 50.4 Å².